The molecule has 0 atom stereocenters. The number of nitrogens with zero attached hydrogens (tertiary/aromatic N) is 2. The molecule has 3 aromatic heterocycles. The standard InChI is InChI=1S/C30H19FNS.C14H16NSi.Ir/c31-27-12-5-4-9-23(27)17-20-15-16-32-28(18-20)25-11-6-10-24-26-19-22(21-7-2-1-3-8-21)13-14-29(26)33-30(24)25;1-16(2,3)13-9-10-14(15-11-13)12-7-5-4-6-8-12;/h1-10,12-16,18-19H,17H2;4-7,9-11H,1-3H3;/q2*-1;/i17D2;;. The predicted octanol–water partition coefficient (Wildman–Crippen LogP) is 11.4. The van der Waals surface area contributed by atoms with Gasteiger partial charge in [0.25, 0.3) is 0 Å². The Bertz CT molecular complexity index is 2450. The average Bonchev–Trinajstić information content (AvgIpc) is 3.54. The first-order valence-corrected chi connectivity index (χ1v) is 20.5. The molecule has 5 aromatic carbocycles. The van der Waals surface area contributed by atoms with Crippen molar-refractivity contribution in [2.24, 2.45) is 0 Å². The molecule has 249 valence electrons. The minimum absolute atomic E-state index is 0. The van der Waals surface area contributed by atoms with Crippen LogP contribution >= 0.6 is 11.3 Å². The van der Waals surface area contributed by atoms with Crippen LogP contribution in [0.4, 0.5) is 4.39 Å². The number of fused-ring (bicyclic) bond motifs is 3. The van der Waals surface area contributed by atoms with Crippen LogP contribution in [0, 0.1) is 17.9 Å². The van der Waals surface area contributed by atoms with Crippen molar-refractivity contribution in [3.05, 3.63) is 175 Å². The maximum absolute atomic E-state index is 14.4. The summed E-state index contributed by atoms with van der Waals surface area (Å²) in [5.41, 5.74) is 6.18. The van der Waals surface area contributed by atoms with Crippen molar-refractivity contribution >= 4 is 44.8 Å². The second-order valence-electron chi connectivity index (χ2n) is 12.8. The molecule has 50 heavy (non-hydrogen) atoms. The van der Waals surface area contributed by atoms with Crippen molar-refractivity contribution in [3.63, 3.8) is 0 Å². The number of rotatable bonds is 6. The molecule has 0 saturated heterocycles. The van der Waals surface area contributed by atoms with E-state index in [-0.39, 0.29) is 25.7 Å². The van der Waals surface area contributed by atoms with Crippen molar-refractivity contribution in [2.75, 3.05) is 0 Å². The van der Waals surface area contributed by atoms with E-state index in [9.17, 15) is 4.39 Å². The van der Waals surface area contributed by atoms with Crippen LogP contribution in [0.5, 0.6) is 0 Å². The van der Waals surface area contributed by atoms with Gasteiger partial charge in [-0.05, 0) is 79.6 Å². The Morgan fingerprint density at radius 3 is 2.26 bits per heavy atom. The van der Waals surface area contributed by atoms with Crippen LogP contribution in [0.25, 0.3) is 53.8 Å². The van der Waals surface area contributed by atoms with E-state index in [4.69, 9.17) is 2.74 Å². The van der Waals surface area contributed by atoms with Gasteiger partial charge in [0.1, 0.15) is 5.82 Å². The van der Waals surface area contributed by atoms with Gasteiger partial charge in [0, 0.05) is 39.9 Å². The van der Waals surface area contributed by atoms with Crippen LogP contribution in [-0.4, -0.2) is 18.0 Å². The van der Waals surface area contributed by atoms with Crippen LogP contribution < -0.4 is 5.19 Å². The minimum Gasteiger partial charge on any atom is -0.305 e. The van der Waals surface area contributed by atoms with Gasteiger partial charge < -0.3 is 9.97 Å². The zero-order chi connectivity index (χ0) is 35.6. The van der Waals surface area contributed by atoms with Crippen molar-refractivity contribution in [2.45, 2.75) is 26.0 Å². The second-order valence-corrected chi connectivity index (χ2v) is 18.9. The molecule has 0 bridgehead atoms. The maximum Gasteiger partial charge on any atom is 0.126 e. The van der Waals surface area contributed by atoms with Crippen LogP contribution in [-0.2, 0) is 26.5 Å². The Hall–Kier alpha value is -4.58. The molecule has 0 aliphatic rings. The molecule has 8 rings (SSSR count). The fraction of sp³-hybridized carbons (Fsp3) is 0.0909. The Balaban J connectivity index is 0.000000230. The minimum atomic E-state index is -2.00. The molecule has 2 nitrogen and oxygen atoms in total. The molecule has 0 saturated carbocycles. The van der Waals surface area contributed by atoms with Crippen molar-refractivity contribution in [1.29, 1.82) is 0 Å². The van der Waals surface area contributed by atoms with E-state index in [0.29, 0.717) is 11.3 Å². The molecule has 3 heterocycles. The molecule has 6 heteroatoms. The van der Waals surface area contributed by atoms with Gasteiger partial charge in [-0.25, -0.2) is 4.39 Å². The Labute approximate surface area is 314 Å². The van der Waals surface area contributed by atoms with Crippen LogP contribution in [0.15, 0.2) is 146 Å². The Morgan fingerprint density at radius 2 is 1.52 bits per heavy atom. The topological polar surface area (TPSA) is 25.8 Å². The van der Waals surface area contributed by atoms with E-state index >= 15 is 0 Å². The molecular formula is C44H35FIrN2SSi-2. The second kappa shape index (κ2) is 15.5. The summed E-state index contributed by atoms with van der Waals surface area (Å²) in [6.07, 6.45) is 1.60. The third kappa shape index (κ3) is 7.90. The molecular weight excluding hydrogens is 828 g/mol. The van der Waals surface area contributed by atoms with Crippen LogP contribution in [0.2, 0.25) is 19.6 Å². The number of halogens is 1. The summed E-state index contributed by atoms with van der Waals surface area (Å²) in [6.45, 7) is 7.00. The van der Waals surface area contributed by atoms with E-state index in [0.717, 1.165) is 32.5 Å². The number of hydrogen-bond donors (Lipinski definition) is 0. The monoisotopic (exact) mass is 865 g/mol. The fourth-order valence-electron chi connectivity index (χ4n) is 5.65. The van der Waals surface area contributed by atoms with E-state index < -0.39 is 20.3 Å². The van der Waals surface area contributed by atoms with Gasteiger partial charge in [0.2, 0.25) is 0 Å². The van der Waals surface area contributed by atoms with Gasteiger partial charge in [0.15, 0.2) is 0 Å². The van der Waals surface area contributed by atoms with Crippen molar-refractivity contribution in [1.82, 2.24) is 9.97 Å². The quantitative estimate of drug-likeness (QED) is 0.123. The van der Waals surface area contributed by atoms with Gasteiger partial charge in [-0.3, -0.25) is 0 Å². The number of hydrogen-bond acceptors (Lipinski definition) is 3. The van der Waals surface area contributed by atoms with Gasteiger partial charge in [-0.15, -0.1) is 59.7 Å². The maximum atomic E-state index is 14.4. The molecule has 0 fully saturated rings. The number of aromatic nitrogens is 2. The first kappa shape index (κ1) is 32.6. The normalized spacial score (nSPS) is 12.0. The first-order chi connectivity index (χ1) is 24.6. The molecule has 0 aliphatic heterocycles. The molecule has 0 N–H and O–H groups in total. The zero-order valence-corrected chi connectivity index (χ0v) is 32.1. The first-order valence-electron chi connectivity index (χ1n) is 17.2. The summed E-state index contributed by atoms with van der Waals surface area (Å²) >= 11 is 1.67. The van der Waals surface area contributed by atoms with Gasteiger partial charge >= 0.3 is 0 Å². The summed E-state index contributed by atoms with van der Waals surface area (Å²) in [7, 11) is -1.23. The fourth-order valence-corrected chi connectivity index (χ4v) is 7.88. The van der Waals surface area contributed by atoms with Gasteiger partial charge in [-0.1, -0.05) is 97.8 Å². The number of pyridine rings is 2. The van der Waals surface area contributed by atoms with Crippen LogP contribution in [0.1, 0.15) is 13.9 Å². The van der Waals surface area contributed by atoms with Crippen molar-refractivity contribution < 1.29 is 27.2 Å². The molecule has 1 radical (unpaired) electrons. The van der Waals surface area contributed by atoms with E-state index in [1.165, 1.54) is 33.0 Å². The third-order valence-electron chi connectivity index (χ3n) is 8.32. The number of benzene rings is 5. The summed E-state index contributed by atoms with van der Waals surface area (Å²) < 4.78 is 33.9. The summed E-state index contributed by atoms with van der Waals surface area (Å²) in [4.78, 5) is 9.06. The Kier molecular flexibility index (Phi) is 10.1. The van der Waals surface area contributed by atoms with E-state index in [1.807, 2.05) is 54.7 Å². The van der Waals surface area contributed by atoms with Gasteiger partial charge in [-0.2, -0.15) is 11.3 Å². The number of thiophene rings is 1. The SMILES string of the molecule is C[Si](C)(C)c1ccc(-c2[c-]cccc2)nc1.[2H]C([2H])(c1ccnc(-c2[c-]ccc3c2sc2ccc(-c4ccccc4)cc23)c1)c1ccccc1F.[Ir]. The predicted molar refractivity (Wildman–Crippen MR) is 208 cm³/mol. The van der Waals surface area contributed by atoms with E-state index in [1.54, 1.807) is 41.8 Å². The smallest absolute Gasteiger partial charge is 0.126 e. The zero-order valence-electron chi connectivity index (χ0n) is 29.9. The summed E-state index contributed by atoms with van der Waals surface area (Å²) in [6, 6.07) is 48.8. The van der Waals surface area contributed by atoms with E-state index in [2.05, 4.69) is 90.3 Å². The third-order valence-corrected chi connectivity index (χ3v) is 11.6. The largest absolute Gasteiger partial charge is 0.305 e. The molecule has 0 amide bonds. The summed E-state index contributed by atoms with van der Waals surface area (Å²) in [5.74, 6) is -0.566. The van der Waals surface area contributed by atoms with Crippen molar-refractivity contribution in [3.8, 4) is 33.6 Å². The molecule has 0 unspecified atom stereocenters. The Morgan fingerprint density at radius 1 is 0.720 bits per heavy atom. The molecule has 0 spiro atoms. The summed E-state index contributed by atoms with van der Waals surface area (Å²) in [5, 5.41) is 3.67. The molecule has 8 aromatic rings. The molecule has 0 aliphatic carbocycles. The average molecular weight is 865 g/mol. The van der Waals surface area contributed by atoms with Crippen LogP contribution in [0.3, 0.4) is 0 Å². The van der Waals surface area contributed by atoms with Gasteiger partial charge in [0.05, 0.1) is 8.07 Å².